The maximum absolute atomic E-state index is 6.40. The van der Waals surface area contributed by atoms with E-state index in [0.717, 1.165) is 11.5 Å². The van der Waals surface area contributed by atoms with E-state index in [9.17, 15) is 0 Å². The molecule has 0 heterocycles. The summed E-state index contributed by atoms with van der Waals surface area (Å²) in [6, 6.07) is 0. The van der Waals surface area contributed by atoms with E-state index in [4.69, 9.17) is 11.6 Å². The van der Waals surface area contributed by atoms with Crippen molar-refractivity contribution in [3.05, 3.63) is 34.4 Å². The Labute approximate surface area is 143 Å². The van der Waals surface area contributed by atoms with Crippen LogP contribution in [0.2, 0.25) is 0 Å². The first-order chi connectivity index (χ1) is 10.6. The molecule has 0 fully saturated rings. The molecular formula is C21H35Cl. The summed E-state index contributed by atoms with van der Waals surface area (Å²) in [7, 11) is 0. The van der Waals surface area contributed by atoms with E-state index in [2.05, 4.69) is 45.9 Å². The van der Waals surface area contributed by atoms with Crippen LogP contribution >= 0.6 is 11.6 Å². The lowest BCUT2D eigenvalue weighted by Crippen LogP contribution is -2.17. The van der Waals surface area contributed by atoms with E-state index in [1.165, 1.54) is 63.4 Å². The predicted octanol–water partition coefficient (Wildman–Crippen LogP) is 7.94. The summed E-state index contributed by atoms with van der Waals surface area (Å²) in [6.45, 7) is 9.12. The fourth-order valence-corrected chi connectivity index (χ4v) is 4.02. The van der Waals surface area contributed by atoms with Crippen LogP contribution in [0.1, 0.15) is 91.9 Å². The standard InChI is InChI=1S/C21H35Cl/c1-5-8-10-12-20(22)15-19-17-21(13-7-3,16-18(19)4)14-11-9-6-2/h10,12,15H,5-9,11,13-14,16-17H2,1-4H3/b12-10+,20-15+. The molecule has 0 nitrogen and oxygen atoms in total. The van der Waals surface area contributed by atoms with Gasteiger partial charge in [0.2, 0.25) is 0 Å². The highest BCUT2D eigenvalue weighted by atomic mass is 35.5. The smallest absolute Gasteiger partial charge is 0.0405 e. The molecule has 0 aliphatic heterocycles. The zero-order valence-corrected chi connectivity index (χ0v) is 15.9. The Morgan fingerprint density at radius 2 is 1.82 bits per heavy atom. The van der Waals surface area contributed by atoms with Crippen LogP contribution in [-0.2, 0) is 0 Å². The zero-order chi connectivity index (χ0) is 16.4. The number of allylic oxidation sites excluding steroid dienone is 6. The minimum absolute atomic E-state index is 0.518. The third-order valence-corrected chi connectivity index (χ3v) is 5.12. The van der Waals surface area contributed by atoms with Crippen molar-refractivity contribution in [1.29, 1.82) is 0 Å². The van der Waals surface area contributed by atoms with Gasteiger partial charge in [0, 0.05) is 5.03 Å². The molecule has 0 saturated carbocycles. The number of rotatable bonds is 10. The summed E-state index contributed by atoms with van der Waals surface area (Å²) in [5, 5.41) is 0.892. The molecule has 0 radical (unpaired) electrons. The molecule has 1 aliphatic carbocycles. The zero-order valence-electron chi connectivity index (χ0n) is 15.2. The maximum Gasteiger partial charge on any atom is 0.0405 e. The van der Waals surface area contributed by atoms with Gasteiger partial charge in [-0.1, -0.05) is 76.1 Å². The Balaban J connectivity index is 2.73. The van der Waals surface area contributed by atoms with Gasteiger partial charge in [0.15, 0.2) is 0 Å². The van der Waals surface area contributed by atoms with E-state index < -0.39 is 0 Å². The van der Waals surface area contributed by atoms with Crippen LogP contribution < -0.4 is 0 Å². The summed E-state index contributed by atoms with van der Waals surface area (Å²) < 4.78 is 0. The first-order valence-electron chi connectivity index (χ1n) is 9.29. The SMILES string of the molecule is CCC/C=C/C(Cl)=C\C1=C(C)CC(CCC)(CCCCC)C1. The molecule has 1 atom stereocenters. The highest BCUT2D eigenvalue weighted by Gasteiger charge is 2.35. The van der Waals surface area contributed by atoms with Crippen LogP contribution in [0.4, 0.5) is 0 Å². The Morgan fingerprint density at radius 3 is 2.45 bits per heavy atom. The number of halogens is 1. The van der Waals surface area contributed by atoms with Crippen molar-refractivity contribution in [3.8, 4) is 0 Å². The van der Waals surface area contributed by atoms with Gasteiger partial charge in [0.05, 0.1) is 0 Å². The average molecular weight is 323 g/mol. The second-order valence-corrected chi connectivity index (χ2v) is 7.52. The van der Waals surface area contributed by atoms with E-state index in [0.29, 0.717) is 5.41 Å². The fourth-order valence-electron chi connectivity index (χ4n) is 3.80. The number of hydrogen-bond acceptors (Lipinski definition) is 0. The Hall–Kier alpha value is -0.490. The molecule has 0 N–H and O–H groups in total. The molecule has 1 heteroatoms. The van der Waals surface area contributed by atoms with Gasteiger partial charge in [-0.05, 0) is 62.2 Å². The van der Waals surface area contributed by atoms with Crippen molar-refractivity contribution in [3.63, 3.8) is 0 Å². The van der Waals surface area contributed by atoms with Crippen LogP contribution in [0.15, 0.2) is 34.4 Å². The minimum Gasteiger partial charge on any atom is -0.0843 e. The van der Waals surface area contributed by atoms with Gasteiger partial charge in [-0.3, -0.25) is 0 Å². The average Bonchev–Trinajstić information content (AvgIpc) is 2.76. The molecule has 1 aliphatic rings. The molecule has 0 aromatic rings. The van der Waals surface area contributed by atoms with Gasteiger partial charge >= 0.3 is 0 Å². The molecule has 0 spiro atoms. The molecule has 0 aromatic heterocycles. The van der Waals surface area contributed by atoms with E-state index in [1.807, 2.05) is 0 Å². The molecule has 0 amide bonds. The molecule has 0 aromatic carbocycles. The van der Waals surface area contributed by atoms with E-state index in [1.54, 1.807) is 5.57 Å². The molecule has 0 bridgehead atoms. The lowest BCUT2D eigenvalue weighted by atomic mass is 9.75. The Kier molecular flexibility index (Phi) is 9.17. The first kappa shape index (κ1) is 19.6. The number of hydrogen-bond donors (Lipinski definition) is 0. The van der Waals surface area contributed by atoms with Crippen LogP contribution in [0.25, 0.3) is 0 Å². The van der Waals surface area contributed by atoms with Crippen LogP contribution in [0.3, 0.4) is 0 Å². The quantitative estimate of drug-likeness (QED) is 0.283. The summed E-state index contributed by atoms with van der Waals surface area (Å²) in [6.07, 6.45) is 19.4. The van der Waals surface area contributed by atoms with Crippen molar-refractivity contribution in [2.75, 3.05) is 0 Å². The van der Waals surface area contributed by atoms with Gasteiger partial charge in [-0.15, -0.1) is 0 Å². The summed E-state index contributed by atoms with van der Waals surface area (Å²) in [5.74, 6) is 0. The predicted molar refractivity (Wildman–Crippen MR) is 101 cm³/mol. The van der Waals surface area contributed by atoms with Crippen LogP contribution in [-0.4, -0.2) is 0 Å². The lowest BCUT2D eigenvalue weighted by Gasteiger charge is -2.29. The monoisotopic (exact) mass is 322 g/mol. The van der Waals surface area contributed by atoms with Gasteiger partial charge in [0.25, 0.3) is 0 Å². The molecule has 22 heavy (non-hydrogen) atoms. The summed E-state index contributed by atoms with van der Waals surface area (Å²) in [4.78, 5) is 0. The van der Waals surface area contributed by atoms with Crippen molar-refractivity contribution in [2.24, 2.45) is 5.41 Å². The minimum atomic E-state index is 0.518. The molecular weight excluding hydrogens is 288 g/mol. The second-order valence-electron chi connectivity index (χ2n) is 7.09. The Morgan fingerprint density at radius 1 is 1.05 bits per heavy atom. The fraction of sp³-hybridized carbons (Fsp3) is 0.714. The van der Waals surface area contributed by atoms with Crippen molar-refractivity contribution in [2.45, 2.75) is 91.9 Å². The first-order valence-corrected chi connectivity index (χ1v) is 9.67. The molecule has 0 saturated heterocycles. The molecule has 126 valence electrons. The maximum atomic E-state index is 6.40. The number of unbranched alkanes of at least 4 members (excludes halogenated alkanes) is 3. The molecule has 1 unspecified atom stereocenters. The third kappa shape index (κ3) is 6.32. The van der Waals surface area contributed by atoms with Gasteiger partial charge < -0.3 is 0 Å². The van der Waals surface area contributed by atoms with Gasteiger partial charge in [-0.25, -0.2) is 0 Å². The van der Waals surface area contributed by atoms with Crippen molar-refractivity contribution in [1.82, 2.24) is 0 Å². The summed E-state index contributed by atoms with van der Waals surface area (Å²) in [5.41, 5.74) is 3.58. The Bertz CT molecular complexity index is 414. The highest BCUT2D eigenvalue weighted by Crippen LogP contribution is 2.49. The topological polar surface area (TPSA) is 0 Å². The van der Waals surface area contributed by atoms with Gasteiger partial charge in [0.1, 0.15) is 0 Å². The third-order valence-electron chi connectivity index (χ3n) is 4.89. The summed E-state index contributed by atoms with van der Waals surface area (Å²) >= 11 is 6.40. The van der Waals surface area contributed by atoms with Crippen molar-refractivity contribution >= 4 is 11.6 Å². The van der Waals surface area contributed by atoms with Crippen molar-refractivity contribution < 1.29 is 0 Å². The van der Waals surface area contributed by atoms with E-state index in [-0.39, 0.29) is 0 Å². The van der Waals surface area contributed by atoms with Crippen LogP contribution in [0.5, 0.6) is 0 Å². The van der Waals surface area contributed by atoms with E-state index >= 15 is 0 Å². The normalized spacial score (nSPS) is 23.0. The van der Waals surface area contributed by atoms with Crippen LogP contribution in [0, 0.1) is 5.41 Å². The lowest BCUT2D eigenvalue weighted by molar-refractivity contribution is 0.242. The van der Waals surface area contributed by atoms with Gasteiger partial charge in [-0.2, -0.15) is 0 Å². The highest BCUT2D eigenvalue weighted by molar-refractivity contribution is 6.31. The molecule has 1 rings (SSSR count). The largest absolute Gasteiger partial charge is 0.0843 e. The second kappa shape index (κ2) is 10.3.